The van der Waals surface area contributed by atoms with Gasteiger partial charge in [0.25, 0.3) is 0 Å². The second-order valence-electron chi connectivity index (χ2n) is 6.54. The SMILES string of the molecule is CCNC(=NCc1ccc2c(c1)OCCCO2)NC1CCC(SC)C1.I. The van der Waals surface area contributed by atoms with Gasteiger partial charge in [0.15, 0.2) is 17.5 Å². The summed E-state index contributed by atoms with van der Waals surface area (Å²) in [5.74, 6) is 2.58. The lowest BCUT2D eigenvalue weighted by atomic mass is 10.2. The summed E-state index contributed by atoms with van der Waals surface area (Å²) in [6.07, 6.45) is 6.86. The van der Waals surface area contributed by atoms with Crippen molar-refractivity contribution in [1.82, 2.24) is 10.6 Å². The molecule has 2 atom stereocenters. The van der Waals surface area contributed by atoms with E-state index in [1.165, 1.54) is 19.3 Å². The highest BCUT2D eigenvalue weighted by Crippen LogP contribution is 2.31. The zero-order valence-corrected chi connectivity index (χ0v) is 18.8. The molecule has 0 aromatic heterocycles. The molecule has 1 aliphatic carbocycles. The molecule has 1 aromatic rings. The Kier molecular flexibility index (Phi) is 9.18. The lowest BCUT2D eigenvalue weighted by molar-refractivity contribution is 0.297. The summed E-state index contributed by atoms with van der Waals surface area (Å²) in [6, 6.07) is 6.64. The molecule has 2 aliphatic rings. The Hall–Kier alpha value is -0.830. The van der Waals surface area contributed by atoms with Gasteiger partial charge in [-0.05, 0) is 50.1 Å². The maximum Gasteiger partial charge on any atom is 0.191 e. The molecule has 1 heterocycles. The van der Waals surface area contributed by atoms with Crippen molar-refractivity contribution >= 4 is 41.7 Å². The Morgan fingerprint density at radius 3 is 2.77 bits per heavy atom. The number of guanidine groups is 1. The van der Waals surface area contributed by atoms with Crippen molar-refractivity contribution < 1.29 is 9.47 Å². The Bertz CT molecular complexity index is 600. The van der Waals surface area contributed by atoms with Crippen LogP contribution in [0.2, 0.25) is 0 Å². The molecule has 0 saturated heterocycles. The van der Waals surface area contributed by atoms with Gasteiger partial charge in [-0.1, -0.05) is 6.07 Å². The van der Waals surface area contributed by atoms with E-state index < -0.39 is 0 Å². The zero-order chi connectivity index (χ0) is 17.5. The average Bonchev–Trinajstić information content (AvgIpc) is 2.95. The third kappa shape index (κ3) is 6.11. The van der Waals surface area contributed by atoms with Gasteiger partial charge in [-0.2, -0.15) is 11.8 Å². The molecule has 0 bridgehead atoms. The third-order valence-corrected chi connectivity index (χ3v) is 5.73. The number of hydrogen-bond donors (Lipinski definition) is 2. The van der Waals surface area contributed by atoms with Crippen LogP contribution < -0.4 is 20.1 Å². The van der Waals surface area contributed by atoms with Crippen LogP contribution in [0.3, 0.4) is 0 Å². The fourth-order valence-electron chi connectivity index (χ4n) is 3.28. The van der Waals surface area contributed by atoms with Crippen LogP contribution in [0.25, 0.3) is 0 Å². The summed E-state index contributed by atoms with van der Waals surface area (Å²) < 4.78 is 11.5. The molecule has 146 valence electrons. The summed E-state index contributed by atoms with van der Waals surface area (Å²) >= 11 is 1.98. The van der Waals surface area contributed by atoms with Crippen molar-refractivity contribution in [3.63, 3.8) is 0 Å². The summed E-state index contributed by atoms with van der Waals surface area (Å²) in [6.45, 7) is 5.03. The van der Waals surface area contributed by atoms with Gasteiger partial charge in [-0.15, -0.1) is 24.0 Å². The molecule has 1 fully saturated rings. The van der Waals surface area contributed by atoms with Crippen molar-refractivity contribution in [2.75, 3.05) is 26.0 Å². The number of nitrogens with one attached hydrogen (secondary N) is 2. The molecule has 0 radical (unpaired) electrons. The number of nitrogens with zero attached hydrogens (tertiary/aromatic N) is 1. The first-order valence-electron chi connectivity index (χ1n) is 9.24. The van der Waals surface area contributed by atoms with Crippen LogP contribution in [0, 0.1) is 0 Å². The third-order valence-electron chi connectivity index (χ3n) is 4.63. The van der Waals surface area contributed by atoms with Crippen LogP contribution in [0.15, 0.2) is 23.2 Å². The molecule has 1 saturated carbocycles. The summed E-state index contributed by atoms with van der Waals surface area (Å²) in [5.41, 5.74) is 1.13. The number of hydrogen-bond acceptors (Lipinski definition) is 4. The first-order valence-corrected chi connectivity index (χ1v) is 10.5. The van der Waals surface area contributed by atoms with Crippen LogP contribution in [-0.2, 0) is 6.54 Å². The predicted octanol–water partition coefficient (Wildman–Crippen LogP) is 3.81. The van der Waals surface area contributed by atoms with Gasteiger partial charge in [0.1, 0.15) is 0 Å². The fourth-order valence-corrected chi connectivity index (χ4v) is 4.07. The monoisotopic (exact) mass is 491 g/mol. The molecular formula is C19H30IN3O2S. The molecule has 3 rings (SSSR count). The molecule has 1 aliphatic heterocycles. The Balaban J connectivity index is 0.00000243. The molecule has 26 heavy (non-hydrogen) atoms. The van der Waals surface area contributed by atoms with E-state index in [4.69, 9.17) is 14.5 Å². The first kappa shape index (κ1) is 21.5. The minimum absolute atomic E-state index is 0. The van der Waals surface area contributed by atoms with E-state index >= 15 is 0 Å². The first-order chi connectivity index (χ1) is 12.3. The van der Waals surface area contributed by atoms with Crippen LogP contribution in [0.5, 0.6) is 11.5 Å². The van der Waals surface area contributed by atoms with Gasteiger partial charge in [-0.25, -0.2) is 4.99 Å². The predicted molar refractivity (Wildman–Crippen MR) is 120 cm³/mol. The number of benzene rings is 1. The Morgan fingerprint density at radius 1 is 1.23 bits per heavy atom. The number of rotatable bonds is 5. The number of fused-ring (bicyclic) bond motifs is 1. The van der Waals surface area contributed by atoms with Crippen LogP contribution >= 0.6 is 35.7 Å². The molecule has 0 spiro atoms. The molecular weight excluding hydrogens is 461 g/mol. The maximum atomic E-state index is 5.77. The van der Waals surface area contributed by atoms with Crippen LogP contribution in [0.1, 0.15) is 38.2 Å². The normalized spacial score (nSPS) is 22.3. The summed E-state index contributed by atoms with van der Waals surface area (Å²) in [7, 11) is 0. The van der Waals surface area contributed by atoms with Gasteiger partial charge in [0.2, 0.25) is 0 Å². The molecule has 5 nitrogen and oxygen atoms in total. The van der Waals surface area contributed by atoms with E-state index in [1.807, 2.05) is 23.9 Å². The number of halogens is 1. The van der Waals surface area contributed by atoms with E-state index in [1.54, 1.807) is 0 Å². The summed E-state index contributed by atoms with van der Waals surface area (Å²) in [4.78, 5) is 4.76. The van der Waals surface area contributed by atoms with Gasteiger partial charge < -0.3 is 20.1 Å². The minimum atomic E-state index is 0. The molecule has 1 aromatic carbocycles. The van der Waals surface area contributed by atoms with E-state index in [9.17, 15) is 0 Å². The molecule has 0 amide bonds. The van der Waals surface area contributed by atoms with Crippen molar-refractivity contribution in [3.8, 4) is 11.5 Å². The van der Waals surface area contributed by atoms with Crippen molar-refractivity contribution in [2.45, 2.75) is 50.4 Å². The molecule has 2 N–H and O–H groups in total. The van der Waals surface area contributed by atoms with Gasteiger partial charge in [0, 0.05) is 24.3 Å². The van der Waals surface area contributed by atoms with E-state index in [0.29, 0.717) is 19.2 Å². The van der Waals surface area contributed by atoms with E-state index in [0.717, 1.165) is 47.8 Å². The van der Waals surface area contributed by atoms with E-state index in [-0.39, 0.29) is 24.0 Å². The maximum absolute atomic E-state index is 5.77. The quantitative estimate of drug-likeness (QED) is 0.373. The standard InChI is InChI=1S/C19H29N3O2S.HI/c1-3-20-19(22-15-6-7-16(12-15)25-2)21-13-14-5-8-17-18(11-14)24-10-4-9-23-17;/h5,8,11,15-16H,3-4,6-7,9-10,12-13H2,1-2H3,(H2,20,21,22);1H. The highest BCUT2D eigenvalue weighted by Gasteiger charge is 2.24. The van der Waals surface area contributed by atoms with E-state index in [2.05, 4.69) is 29.9 Å². The van der Waals surface area contributed by atoms with Crippen molar-refractivity contribution in [3.05, 3.63) is 23.8 Å². The van der Waals surface area contributed by atoms with Gasteiger partial charge in [-0.3, -0.25) is 0 Å². The number of thioether (sulfide) groups is 1. The average molecular weight is 491 g/mol. The second-order valence-corrected chi connectivity index (χ2v) is 7.68. The Morgan fingerprint density at radius 2 is 2.04 bits per heavy atom. The Labute approximate surface area is 178 Å². The smallest absolute Gasteiger partial charge is 0.191 e. The van der Waals surface area contributed by atoms with Crippen LogP contribution in [-0.4, -0.2) is 43.3 Å². The van der Waals surface area contributed by atoms with Gasteiger partial charge in [0.05, 0.1) is 19.8 Å². The van der Waals surface area contributed by atoms with Crippen LogP contribution in [0.4, 0.5) is 0 Å². The highest BCUT2D eigenvalue weighted by atomic mass is 127. The largest absolute Gasteiger partial charge is 0.490 e. The fraction of sp³-hybridized carbons (Fsp3) is 0.632. The minimum Gasteiger partial charge on any atom is -0.490 e. The second kappa shape index (κ2) is 11.1. The lowest BCUT2D eigenvalue weighted by Gasteiger charge is -2.17. The number of ether oxygens (including phenoxy) is 2. The topological polar surface area (TPSA) is 54.9 Å². The lowest BCUT2D eigenvalue weighted by Crippen LogP contribution is -2.42. The molecule has 7 heteroatoms. The summed E-state index contributed by atoms with van der Waals surface area (Å²) in [5, 5.41) is 7.73. The van der Waals surface area contributed by atoms with Crippen molar-refractivity contribution in [1.29, 1.82) is 0 Å². The highest BCUT2D eigenvalue weighted by molar-refractivity contribution is 14.0. The van der Waals surface area contributed by atoms with Gasteiger partial charge >= 0.3 is 0 Å². The molecule has 2 unspecified atom stereocenters. The number of aliphatic imine (C=N–C) groups is 1. The zero-order valence-electron chi connectivity index (χ0n) is 15.6. The van der Waals surface area contributed by atoms with Crippen molar-refractivity contribution in [2.24, 2.45) is 4.99 Å².